The first-order chi connectivity index (χ1) is 8.56. The summed E-state index contributed by atoms with van der Waals surface area (Å²) >= 11 is 0. The molecule has 4 nitrogen and oxygen atoms in total. The van der Waals surface area contributed by atoms with Gasteiger partial charge in [-0.2, -0.15) is 0 Å². The van der Waals surface area contributed by atoms with Gasteiger partial charge in [-0.05, 0) is 38.0 Å². The van der Waals surface area contributed by atoms with Gasteiger partial charge >= 0.3 is 0 Å². The number of nitrogens with zero attached hydrogens (tertiary/aromatic N) is 2. The van der Waals surface area contributed by atoms with Gasteiger partial charge in [0.1, 0.15) is 0 Å². The van der Waals surface area contributed by atoms with Crippen LogP contribution in [0.1, 0.15) is 38.8 Å². The van der Waals surface area contributed by atoms with Crippen LogP contribution in [0, 0.1) is 0 Å². The Morgan fingerprint density at radius 2 is 2.00 bits per heavy atom. The van der Waals surface area contributed by atoms with Crippen molar-refractivity contribution in [1.29, 1.82) is 0 Å². The van der Waals surface area contributed by atoms with Crippen molar-refractivity contribution in [3.8, 4) is 0 Å². The van der Waals surface area contributed by atoms with Gasteiger partial charge in [0.05, 0.1) is 12.6 Å². The van der Waals surface area contributed by atoms with Crippen LogP contribution in [-0.2, 0) is 4.79 Å². The van der Waals surface area contributed by atoms with Gasteiger partial charge in [-0.15, -0.1) is 0 Å². The van der Waals surface area contributed by atoms with E-state index in [2.05, 4.69) is 24.1 Å². The molecule has 0 bridgehead atoms. The molecular formula is C14H23N3O. The average Bonchev–Trinajstić information content (AvgIpc) is 2.43. The molecule has 1 N–H and O–H groups in total. The molecule has 0 fully saturated rings. The highest BCUT2D eigenvalue weighted by atomic mass is 16.2. The van der Waals surface area contributed by atoms with E-state index >= 15 is 0 Å². The molecule has 1 rings (SSSR count). The predicted octanol–water partition coefficient (Wildman–Crippen LogP) is 1.99. The van der Waals surface area contributed by atoms with Crippen LogP contribution in [-0.4, -0.2) is 35.4 Å². The molecule has 100 valence electrons. The van der Waals surface area contributed by atoms with E-state index in [0.717, 1.165) is 12.0 Å². The van der Waals surface area contributed by atoms with Crippen molar-refractivity contribution in [2.45, 2.75) is 39.3 Å². The average molecular weight is 249 g/mol. The summed E-state index contributed by atoms with van der Waals surface area (Å²) < 4.78 is 0. The first-order valence-electron chi connectivity index (χ1n) is 6.45. The molecular weight excluding hydrogens is 226 g/mol. The Bertz CT molecular complexity index is 367. The van der Waals surface area contributed by atoms with Gasteiger partial charge in [0.2, 0.25) is 5.91 Å². The topological polar surface area (TPSA) is 45.2 Å². The minimum Gasteiger partial charge on any atom is -0.338 e. The minimum atomic E-state index is 0.0687. The van der Waals surface area contributed by atoms with Gasteiger partial charge in [0.25, 0.3) is 0 Å². The van der Waals surface area contributed by atoms with Crippen LogP contribution in [0.2, 0.25) is 0 Å². The molecule has 18 heavy (non-hydrogen) atoms. The maximum atomic E-state index is 12.0. The van der Waals surface area contributed by atoms with E-state index in [0.29, 0.717) is 12.6 Å². The number of rotatable bonds is 6. The summed E-state index contributed by atoms with van der Waals surface area (Å²) in [5.74, 6) is 0.111. The van der Waals surface area contributed by atoms with Gasteiger partial charge < -0.3 is 10.2 Å². The van der Waals surface area contributed by atoms with E-state index in [1.807, 2.05) is 26.1 Å². The van der Waals surface area contributed by atoms with Crippen molar-refractivity contribution in [3.63, 3.8) is 0 Å². The lowest BCUT2D eigenvalue weighted by Crippen LogP contribution is -2.39. The summed E-state index contributed by atoms with van der Waals surface area (Å²) in [5.41, 5.74) is 1.10. The number of carbonyl (C=O) groups excluding carboxylic acids is 1. The fraction of sp³-hybridized carbons (Fsp3) is 0.571. The van der Waals surface area contributed by atoms with E-state index < -0.39 is 0 Å². The first kappa shape index (κ1) is 14.6. The van der Waals surface area contributed by atoms with Crippen LogP contribution >= 0.6 is 0 Å². The Morgan fingerprint density at radius 3 is 2.56 bits per heavy atom. The number of hydrogen-bond donors (Lipinski definition) is 1. The van der Waals surface area contributed by atoms with Gasteiger partial charge in [0, 0.05) is 25.5 Å². The second kappa shape index (κ2) is 7.11. The second-order valence-electron chi connectivity index (χ2n) is 4.65. The van der Waals surface area contributed by atoms with E-state index in [1.54, 1.807) is 17.3 Å². The SMILES string of the molecule is CCC(C)NCC(=O)N(C)C(C)c1ccncc1. The van der Waals surface area contributed by atoms with Crippen molar-refractivity contribution in [2.75, 3.05) is 13.6 Å². The van der Waals surface area contributed by atoms with Crippen LogP contribution < -0.4 is 5.32 Å². The van der Waals surface area contributed by atoms with Crippen LogP contribution in [0.15, 0.2) is 24.5 Å². The maximum absolute atomic E-state index is 12.0. The number of hydrogen-bond acceptors (Lipinski definition) is 3. The van der Waals surface area contributed by atoms with Crippen LogP contribution in [0.5, 0.6) is 0 Å². The Hall–Kier alpha value is -1.42. The molecule has 0 radical (unpaired) electrons. The molecule has 1 aromatic rings. The van der Waals surface area contributed by atoms with Gasteiger partial charge in [-0.3, -0.25) is 9.78 Å². The van der Waals surface area contributed by atoms with Gasteiger partial charge in [0.15, 0.2) is 0 Å². The summed E-state index contributed by atoms with van der Waals surface area (Å²) in [4.78, 5) is 17.8. The van der Waals surface area contributed by atoms with Crippen LogP contribution in [0.3, 0.4) is 0 Å². The molecule has 0 aliphatic rings. The third-order valence-electron chi connectivity index (χ3n) is 3.38. The van der Waals surface area contributed by atoms with Crippen LogP contribution in [0.4, 0.5) is 0 Å². The molecule has 1 heterocycles. The van der Waals surface area contributed by atoms with Crippen molar-refractivity contribution >= 4 is 5.91 Å². The molecule has 1 amide bonds. The summed E-state index contributed by atoms with van der Waals surface area (Å²) in [6.07, 6.45) is 4.53. The molecule has 0 aliphatic carbocycles. The minimum absolute atomic E-state index is 0.0687. The van der Waals surface area contributed by atoms with E-state index in [-0.39, 0.29) is 11.9 Å². The molecule has 0 aromatic carbocycles. The van der Waals surface area contributed by atoms with Crippen molar-refractivity contribution in [1.82, 2.24) is 15.2 Å². The Labute approximate surface area is 109 Å². The van der Waals surface area contributed by atoms with Crippen molar-refractivity contribution in [2.24, 2.45) is 0 Å². The zero-order valence-electron chi connectivity index (χ0n) is 11.7. The monoisotopic (exact) mass is 249 g/mol. The normalized spacial score (nSPS) is 14.0. The van der Waals surface area contributed by atoms with E-state index in [1.165, 1.54) is 0 Å². The molecule has 0 saturated heterocycles. The lowest BCUT2D eigenvalue weighted by atomic mass is 10.1. The summed E-state index contributed by atoms with van der Waals surface area (Å²) in [5, 5.41) is 3.22. The molecule has 0 aliphatic heterocycles. The van der Waals surface area contributed by atoms with Gasteiger partial charge in [-0.1, -0.05) is 6.92 Å². The predicted molar refractivity (Wildman–Crippen MR) is 73.2 cm³/mol. The smallest absolute Gasteiger partial charge is 0.236 e. The van der Waals surface area contributed by atoms with Crippen molar-refractivity contribution in [3.05, 3.63) is 30.1 Å². The number of pyridine rings is 1. The molecule has 2 atom stereocenters. The number of amides is 1. The Balaban J connectivity index is 2.53. The van der Waals surface area contributed by atoms with E-state index in [9.17, 15) is 4.79 Å². The molecule has 4 heteroatoms. The second-order valence-corrected chi connectivity index (χ2v) is 4.65. The van der Waals surface area contributed by atoms with Crippen LogP contribution in [0.25, 0.3) is 0 Å². The molecule has 2 unspecified atom stereocenters. The number of aromatic nitrogens is 1. The third kappa shape index (κ3) is 4.11. The zero-order valence-corrected chi connectivity index (χ0v) is 11.7. The highest BCUT2D eigenvalue weighted by Gasteiger charge is 2.17. The Morgan fingerprint density at radius 1 is 1.39 bits per heavy atom. The molecule has 0 spiro atoms. The van der Waals surface area contributed by atoms with Crippen molar-refractivity contribution < 1.29 is 4.79 Å². The third-order valence-corrected chi connectivity index (χ3v) is 3.38. The Kier molecular flexibility index (Phi) is 5.78. The fourth-order valence-corrected chi connectivity index (χ4v) is 1.61. The fourth-order valence-electron chi connectivity index (χ4n) is 1.61. The number of nitrogens with one attached hydrogen (secondary N) is 1. The highest BCUT2D eigenvalue weighted by Crippen LogP contribution is 2.17. The first-order valence-corrected chi connectivity index (χ1v) is 6.45. The lowest BCUT2D eigenvalue weighted by molar-refractivity contribution is -0.131. The summed E-state index contributed by atoms with van der Waals surface area (Å²) in [6, 6.07) is 4.32. The number of carbonyl (C=O) groups is 1. The molecule has 0 saturated carbocycles. The largest absolute Gasteiger partial charge is 0.338 e. The van der Waals surface area contributed by atoms with Gasteiger partial charge in [-0.25, -0.2) is 0 Å². The number of likely N-dealkylation sites (N-methyl/N-ethyl adjacent to an activating group) is 1. The summed E-state index contributed by atoms with van der Waals surface area (Å²) in [7, 11) is 1.84. The quantitative estimate of drug-likeness (QED) is 0.838. The lowest BCUT2D eigenvalue weighted by Gasteiger charge is -2.26. The van der Waals surface area contributed by atoms with E-state index in [4.69, 9.17) is 0 Å². The maximum Gasteiger partial charge on any atom is 0.236 e. The highest BCUT2D eigenvalue weighted by molar-refractivity contribution is 5.78. The molecule has 1 aromatic heterocycles. The zero-order chi connectivity index (χ0) is 13.5. The summed E-state index contributed by atoms with van der Waals surface area (Å²) in [6.45, 7) is 6.60. The standard InChI is InChI=1S/C14H23N3O/c1-5-11(2)16-10-14(18)17(4)12(3)13-6-8-15-9-7-13/h6-9,11-12,16H,5,10H2,1-4H3.